The molecule has 5 heteroatoms. The summed E-state index contributed by atoms with van der Waals surface area (Å²) < 4.78 is 5.67. The number of hydrogen-bond acceptors (Lipinski definition) is 4. The minimum Gasteiger partial charge on any atom is -0.493 e. The van der Waals surface area contributed by atoms with Crippen molar-refractivity contribution in [3.8, 4) is 5.75 Å². The highest BCUT2D eigenvalue weighted by Crippen LogP contribution is 2.32. The highest BCUT2D eigenvalue weighted by molar-refractivity contribution is 7.99. The summed E-state index contributed by atoms with van der Waals surface area (Å²) in [5, 5.41) is 3.10. The number of thioether (sulfide) groups is 1. The monoisotopic (exact) mass is 320 g/mol. The molecule has 2 atom stereocenters. The first-order chi connectivity index (χ1) is 10.7. The van der Waals surface area contributed by atoms with Crippen LogP contribution in [0.3, 0.4) is 0 Å². The maximum absolute atomic E-state index is 12.2. The van der Waals surface area contributed by atoms with Crippen LogP contribution in [0.5, 0.6) is 5.75 Å². The second-order valence-corrected chi connectivity index (χ2v) is 7.26. The Morgan fingerprint density at radius 3 is 3.09 bits per heavy atom. The average molecular weight is 320 g/mol. The van der Waals surface area contributed by atoms with Crippen LogP contribution in [0.2, 0.25) is 0 Å². The van der Waals surface area contributed by atoms with E-state index in [2.05, 4.69) is 23.3 Å². The average Bonchev–Trinajstić information content (AvgIpc) is 3.07. The van der Waals surface area contributed by atoms with Gasteiger partial charge in [0.15, 0.2) is 0 Å². The maximum Gasteiger partial charge on any atom is 0.234 e. The van der Waals surface area contributed by atoms with Crippen LogP contribution in [-0.4, -0.2) is 55.1 Å². The van der Waals surface area contributed by atoms with Gasteiger partial charge in [0.05, 0.1) is 13.2 Å². The highest BCUT2D eigenvalue weighted by Gasteiger charge is 2.24. The largest absolute Gasteiger partial charge is 0.493 e. The van der Waals surface area contributed by atoms with Gasteiger partial charge in [0, 0.05) is 24.3 Å². The first-order valence-corrected chi connectivity index (χ1v) is 9.16. The topological polar surface area (TPSA) is 41.6 Å². The molecule has 1 N–H and O–H groups in total. The fraction of sp³-hybridized carbons (Fsp3) is 0.588. The van der Waals surface area contributed by atoms with Crippen molar-refractivity contribution >= 4 is 17.7 Å². The van der Waals surface area contributed by atoms with Crippen LogP contribution in [0.1, 0.15) is 24.3 Å². The van der Waals surface area contributed by atoms with Crippen molar-refractivity contribution in [3.05, 3.63) is 29.8 Å². The van der Waals surface area contributed by atoms with Gasteiger partial charge >= 0.3 is 0 Å². The van der Waals surface area contributed by atoms with Crippen LogP contribution in [0.25, 0.3) is 0 Å². The van der Waals surface area contributed by atoms with Crippen molar-refractivity contribution in [2.45, 2.75) is 24.8 Å². The second kappa shape index (κ2) is 7.38. The molecule has 2 heterocycles. The van der Waals surface area contributed by atoms with Crippen LogP contribution >= 0.6 is 11.8 Å². The Labute approximate surface area is 136 Å². The number of likely N-dealkylation sites (N-methyl/N-ethyl adjacent to an activating group) is 1. The molecule has 0 bridgehead atoms. The molecule has 1 saturated heterocycles. The van der Waals surface area contributed by atoms with Crippen molar-refractivity contribution < 1.29 is 9.53 Å². The van der Waals surface area contributed by atoms with Gasteiger partial charge in [0.1, 0.15) is 5.75 Å². The third-order valence-corrected chi connectivity index (χ3v) is 5.70. The van der Waals surface area contributed by atoms with E-state index in [1.807, 2.05) is 30.0 Å². The molecule has 1 amide bonds. The van der Waals surface area contributed by atoms with Crippen LogP contribution < -0.4 is 10.1 Å². The van der Waals surface area contributed by atoms with Crippen molar-refractivity contribution in [3.63, 3.8) is 0 Å². The van der Waals surface area contributed by atoms with E-state index < -0.39 is 0 Å². The fourth-order valence-electron chi connectivity index (χ4n) is 3.15. The van der Waals surface area contributed by atoms with E-state index in [9.17, 15) is 4.79 Å². The van der Waals surface area contributed by atoms with Gasteiger partial charge in [-0.15, -0.1) is 0 Å². The van der Waals surface area contributed by atoms with Gasteiger partial charge in [-0.3, -0.25) is 9.69 Å². The summed E-state index contributed by atoms with van der Waals surface area (Å²) in [4.78, 5) is 14.4. The van der Waals surface area contributed by atoms with E-state index in [0.717, 1.165) is 24.5 Å². The lowest BCUT2D eigenvalue weighted by Crippen LogP contribution is -2.42. The number of amides is 1. The van der Waals surface area contributed by atoms with Gasteiger partial charge in [-0.25, -0.2) is 0 Å². The smallest absolute Gasteiger partial charge is 0.234 e. The Hall–Kier alpha value is -1.20. The number of benzene rings is 1. The molecule has 2 aliphatic rings. The highest BCUT2D eigenvalue weighted by atomic mass is 32.2. The van der Waals surface area contributed by atoms with Gasteiger partial charge < -0.3 is 10.1 Å². The zero-order valence-corrected chi connectivity index (χ0v) is 13.9. The summed E-state index contributed by atoms with van der Waals surface area (Å²) in [6.45, 7) is 1.93. The third-order valence-electron chi connectivity index (χ3n) is 4.55. The molecule has 1 aromatic rings. The predicted octanol–water partition coefficient (Wildman–Crippen LogP) is 2.11. The van der Waals surface area contributed by atoms with E-state index in [4.69, 9.17) is 4.74 Å². The molecule has 4 nitrogen and oxygen atoms in total. The molecule has 120 valence electrons. The quantitative estimate of drug-likeness (QED) is 0.902. The second-order valence-electron chi connectivity index (χ2n) is 6.11. The zero-order chi connectivity index (χ0) is 15.4. The molecule has 1 fully saturated rings. The van der Waals surface area contributed by atoms with E-state index in [-0.39, 0.29) is 5.91 Å². The molecule has 2 aliphatic heterocycles. The van der Waals surface area contributed by atoms with Crippen LogP contribution in [0.4, 0.5) is 0 Å². The number of hydrogen-bond donors (Lipinski definition) is 1. The number of fused-ring (bicyclic) bond motifs is 1. The van der Waals surface area contributed by atoms with Crippen molar-refractivity contribution in [1.82, 2.24) is 10.2 Å². The number of carbonyl (C=O) groups is 1. The van der Waals surface area contributed by atoms with E-state index in [1.165, 1.54) is 17.7 Å². The molecule has 22 heavy (non-hydrogen) atoms. The van der Waals surface area contributed by atoms with E-state index >= 15 is 0 Å². The summed E-state index contributed by atoms with van der Waals surface area (Å²) in [6.07, 6.45) is 2.16. The Bertz CT molecular complexity index is 517. The van der Waals surface area contributed by atoms with Crippen LogP contribution in [0.15, 0.2) is 24.3 Å². The molecule has 0 aliphatic carbocycles. The lowest BCUT2D eigenvalue weighted by atomic mass is 9.93. The first kappa shape index (κ1) is 15.7. The summed E-state index contributed by atoms with van der Waals surface area (Å²) in [5.41, 5.74) is 1.22. The number of carbonyl (C=O) groups excluding carboxylic acids is 1. The van der Waals surface area contributed by atoms with Gasteiger partial charge in [-0.2, -0.15) is 11.8 Å². The Morgan fingerprint density at radius 1 is 1.41 bits per heavy atom. The third kappa shape index (κ3) is 3.76. The molecule has 0 saturated carbocycles. The summed E-state index contributed by atoms with van der Waals surface area (Å²) in [5.74, 6) is 3.82. The molecule has 2 unspecified atom stereocenters. The standard InChI is InChI=1S/C17H24N2O2S/c1-19(14-7-9-22-12-14)11-17(20)18-10-13-6-8-21-16-5-3-2-4-15(13)16/h2-5,13-14H,6-12H2,1H3,(H,18,20). The lowest BCUT2D eigenvalue weighted by molar-refractivity contribution is -0.122. The Morgan fingerprint density at radius 2 is 2.27 bits per heavy atom. The van der Waals surface area contributed by atoms with Gasteiger partial charge in [0.2, 0.25) is 5.91 Å². The first-order valence-electron chi connectivity index (χ1n) is 8.00. The van der Waals surface area contributed by atoms with Gasteiger partial charge in [0.25, 0.3) is 0 Å². The summed E-state index contributed by atoms with van der Waals surface area (Å²) in [6, 6.07) is 8.70. The molecule has 0 spiro atoms. The minimum absolute atomic E-state index is 0.128. The van der Waals surface area contributed by atoms with Crippen molar-refractivity contribution in [1.29, 1.82) is 0 Å². The summed E-state index contributed by atoms with van der Waals surface area (Å²) >= 11 is 1.98. The van der Waals surface area contributed by atoms with Crippen molar-refractivity contribution in [2.24, 2.45) is 0 Å². The molecule has 0 aromatic heterocycles. The number of ether oxygens (including phenoxy) is 1. The molecule has 1 aromatic carbocycles. The SMILES string of the molecule is CN(CC(=O)NCC1CCOc2ccccc21)C1CCSC1. The lowest BCUT2D eigenvalue weighted by Gasteiger charge is -2.27. The van der Waals surface area contributed by atoms with Crippen LogP contribution in [0, 0.1) is 0 Å². The fourth-order valence-corrected chi connectivity index (χ4v) is 4.44. The molecule has 3 rings (SSSR count). The van der Waals surface area contributed by atoms with Gasteiger partial charge in [-0.05, 0) is 37.3 Å². The normalized spacial score (nSPS) is 23.9. The number of para-hydroxylation sites is 1. The number of rotatable bonds is 5. The van der Waals surface area contributed by atoms with Crippen LogP contribution in [-0.2, 0) is 4.79 Å². The van der Waals surface area contributed by atoms with E-state index in [0.29, 0.717) is 25.0 Å². The Balaban J connectivity index is 1.49. The number of nitrogens with one attached hydrogen (secondary N) is 1. The minimum atomic E-state index is 0.128. The molecular weight excluding hydrogens is 296 g/mol. The van der Waals surface area contributed by atoms with Gasteiger partial charge in [-0.1, -0.05) is 18.2 Å². The molecule has 0 radical (unpaired) electrons. The zero-order valence-electron chi connectivity index (χ0n) is 13.1. The number of nitrogens with zero attached hydrogens (tertiary/aromatic N) is 1. The summed E-state index contributed by atoms with van der Waals surface area (Å²) in [7, 11) is 2.06. The van der Waals surface area contributed by atoms with E-state index in [1.54, 1.807) is 0 Å². The van der Waals surface area contributed by atoms with Crippen molar-refractivity contribution in [2.75, 3.05) is 38.2 Å². The Kier molecular flexibility index (Phi) is 5.26. The molecular formula is C17H24N2O2S. The predicted molar refractivity (Wildman–Crippen MR) is 90.7 cm³/mol. The maximum atomic E-state index is 12.2.